The number of nitrogens with zero attached hydrogens (tertiary/aromatic N) is 5. The van der Waals surface area contributed by atoms with Gasteiger partial charge in [0.15, 0.2) is 23.1 Å². The van der Waals surface area contributed by atoms with Crippen LogP contribution in [0.3, 0.4) is 0 Å². The molecule has 3 heterocycles. The van der Waals surface area contributed by atoms with Crippen molar-refractivity contribution in [2.75, 3.05) is 50.9 Å². The molecular formula is C24H29N9O4. The lowest BCUT2D eigenvalue weighted by Gasteiger charge is -2.25. The Labute approximate surface area is 217 Å². The molecule has 194 valence electrons. The third-order valence-electron chi connectivity index (χ3n) is 6.08. The van der Waals surface area contributed by atoms with Gasteiger partial charge >= 0.3 is 0 Å². The van der Waals surface area contributed by atoms with Crippen molar-refractivity contribution in [3.05, 3.63) is 35.8 Å². The lowest BCUT2D eigenvalue weighted by molar-refractivity contribution is -0.117. The van der Waals surface area contributed by atoms with Gasteiger partial charge in [0.2, 0.25) is 5.91 Å². The van der Waals surface area contributed by atoms with Crippen molar-refractivity contribution in [1.29, 1.82) is 0 Å². The number of hydrogen-bond acceptors (Lipinski definition) is 11. The monoisotopic (exact) mass is 510 g/mol. The standard InChI is InChI=1S/C24H29N9O4/c1-25-23(35)20-17(12-18(30-31-20)28-22(34)14-6-7-14)27-16-5-3-4-15(21(16)36-2)24-29-19(32-37-24)13-33-10-8-26-9-11-33/h3-5,12,14,26H,6-11,13H2,1-2H3,(H,25,35)(H2,27,28,30,34)/i1D3. The highest BCUT2D eigenvalue weighted by atomic mass is 16.5. The van der Waals surface area contributed by atoms with Gasteiger partial charge in [0.25, 0.3) is 11.8 Å². The number of ether oxygens (including phenoxy) is 1. The predicted molar refractivity (Wildman–Crippen MR) is 134 cm³/mol. The van der Waals surface area contributed by atoms with E-state index in [2.05, 4.69) is 41.2 Å². The van der Waals surface area contributed by atoms with Gasteiger partial charge in [0, 0.05) is 49.3 Å². The fourth-order valence-corrected chi connectivity index (χ4v) is 4.01. The van der Waals surface area contributed by atoms with Crippen molar-refractivity contribution in [1.82, 2.24) is 35.9 Å². The minimum absolute atomic E-state index is 0.0839. The van der Waals surface area contributed by atoms with Gasteiger partial charge in [-0.25, -0.2) is 0 Å². The van der Waals surface area contributed by atoms with E-state index in [1.54, 1.807) is 18.2 Å². The first-order chi connectivity index (χ1) is 19.2. The van der Waals surface area contributed by atoms with Gasteiger partial charge in [-0.15, -0.1) is 10.2 Å². The summed E-state index contributed by atoms with van der Waals surface area (Å²) in [7, 11) is 1.47. The van der Waals surface area contributed by atoms with E-state index in [1.807, 2.05) is 5.32 Å². The molecule has 2 amide bonds. The number of carbonyl (C=O) groups is 2. The summed E-state index contributed by atoms with van der Waals surface area (Å²) < 4.78 is 33.4. The fourth-order valence-electron chi connectivity index (χ4n) is 4.01. The molecule has 37 heavy (non-hydrogen) atoms. The molecule has 1 aliphatic carbocycles. The minimum atomic E-state index is -2.74. The summed E-state index contributed by atoms with van der Waals surface area (Å²) in [5, 5.41) is 22.9. The van der Waals surface area contributed by atoms with Gasteiger partial charge in [0.05, 0.1) is 30.6 Å². The fraction of sp³-hybridized carbons (Fsp3) is 0.417. The molecule has 0 atom stereocenters. The van der Waals surface area contributed by atoms with Crippen molar-refractivity contribution >= 4 is 29.0 Å². The Bertz CT molecular complexity index is 1390. The van der Waals surface area contributed by atoms with Crippen LogP contribution in [0.25, 0.3) is 11.5 Å². The van der Waals surface area contributed by atoms with E-state index < -0.39 is 12.9 Å². The maximum atomic E-state index is 12.8. The largest absolute Gasteiger partial charge is 0.494 e. The van der Waals surface area contributed by atoms with Crippen LogP contribution in [0, 0.1) is 5.92 Å². The van der Waals surface area contributed by atoms with Gasteiger partial charge < -0.3 is 30.5 Å². The maximum Gasteiger partial charge on any atom is 0.273 e. The third-order valence-corrected chi connectivity index (χ3v) is 6.08. The predicted octanol–water partition coefficient (Wildman–Crippen LogP) is 1.39. The van der Waals surface area contributed by atoms with E-state index in [0.29, 0.717) is 29.4 Å². The lowest BCUT2D eigenvalue weighted by Crippen LogP contribution is -2.43. The van der Waals surface area contributed by atoms with Crippen LogP contribution in [-0.4, -0.2) is 77.3 Å². The summed E-state index contributed by atoms with van der Waals surface area (Å²) in [6.07, 6.45) is 1.58. The zero-order valence-electron chi connectivity index (χ0n) is 23.2. The molecule has 2 fully saturated rings. The second-order valence-corrected chi connectivity index (χ2v) is 8.76. The SMILES string of the molecule is [2H]C([2H])([2H])NC(=O)c1nnc(NC(=O)C2CC2)cc1Nc1cccc(-c2nc(CN3CCNCC3)no2)c1OC. The maximum absolute atomic E-state index is 12.8. The topological polar surface area (TPSA) is 159 Å². The molecule has 4 N–H and O–H groups in total. The Morgan fingerprint density at radius 2 is 2.08 bits per heavy atom. The zero-order chi connectivity index (χ0) is 28.3. The van der Waals surface area contributed by atoms with Crippen LogP contribution >= 0.6 is 0 Å². The number of aromatic nitrogens is 4. The van der Waals surface area contributed by atoms with Crippen LogP contribution in [0.2, 0.25) is 0 Å². The lowest BCUT2D eigenvalue weighted by atomic mass is 10.1. The summed E-state index contributed by atoms with van der Waals surface area (Å²) in [6.45, 7) is 1.36. The van der Waals surface area contributed by atoms with Crippen LogP contribution < -0.4 is 26.0 Å². The first-order valence-corrected chi connectivity index (χ1v) is 11.9. The molecule has 1 saturated carbocycles. The van der Waals surface area contributed by atoms with Crippen molar-refractivity contribution in [2.45, 2.75) is 19.4 Å². The third kappa shape index (κ3) is 5.67. The summed E-state index contributed by atoms with van der Waals surface area (Å²) in [6, 6.07) is 6.58. The smallest absolute Gasteiger partial charge is 0.273 e. The number of amides is 2. The molecule has 1 aliphatic heterocycles. The second kappa shape index (κ2) is 10.9. The van der Waals surface area contributed by atoms with Gasteiger partial charge in [-0.3, -0.25) is 14.5 Å². The summed E-state index contributed by atoms with van der Waals surface area (Å²) in [5.41, 5.74) is 0.717. The zero-order valence-corrected chi connectivity index (χ0v) is 20.2. The van der Waals surface area contributed by atoms with Gasteiger partial charge in [-0.05, 0) is 25.0 Å². The number of para-hydroxylation sites is 1. The molecule has 13 nitrogen and oxygen atoms in total. The molecule has 2 aliphatic rings. The molecule has 1 saturated heterocycles. The van der Waals surface area contributed by atoms with Crippen LogP contribution in [0.5, 0.6) is 5.75 Å². The van der Waals surface area contributed by atoms with E-state index in [4.69, 9.17) is 13.4 Å². The molecule has 0 bridgehead atoms. The molecule has 1 aromatic carbocycles. The number of carbonyl (C=O) groups excluding carboxylic acids is 2. The number of nitrogens with one attached hydrogen (secondary N) is 4. The normalized spacial score (nSPS) is 17.3. The number of hydrogen-bond donors (Lipinski definition) is 4. The summed E-state index contributed by atoms with van der Waals surface area (Å²) >= 11 is 0. The number of anilines is 3. The van der Waals surface area contributed by atoms with Crippen molar-refractivity contribution in [2.24, 2.45) is 5.92 Å². The molecule has 2 aromatic heterocycles. The first kappa shape index (κ1) is 21.0. The highest BCUT2D eigenvalue weighted by Gasteiger charge is 2.30. The Morgan fingerprint density at radius 3 is 2.84 bits per heavy atom. The Balaban J connectivity index is 1.44. The van der Waals surface area contributed by atoms with E-state index in [-0.39, 0.29) is 34.9 Å². The average Bonchev–Trinajstić information content (AvgIpc) is 3.67. The molecule has 0 spiro atoms. The second-order valence-electron chi connectivity index (χ2n) is 8.76. The van der Waals surface area contributed by atoms with E-state index in [1.165, 1.54) is 13.2 Å². The summed E-state index contributed by atoms with van der Waals surface area (Å²) in [4.78, 5) is 31.8. The highest BCUT2D eigenvalue weighted by Crippen LogP contribution is 2.38. The highest BCUT2D eigenvalue weighted by molar-refractivity contribution is 6.00. The Morgan fingerprint density at radius 1 is 1.24 bits per heavy atom. The van der Waals surface area contributed by atoms with Crippen molar-refractivity contribution in [3.8, 4) is 17.2 Å². The number of piperazine rings is 1. The molecule has 13 heteroatoms. The Hall–Kier alpha value is -4.10. The molecule has 0 radical (unpaired) electrons. The van der Waals surface area contributed by atoms with Gasteiger partial charge in [-0.1, -0.05) is 11.2 Å². The van der Waals surface area contributed by atoms with Crippen LogP contribution in [-0.2, 0) is 11.3 Å². The number of methoxy groups -OCH3 is 1. The van der Waals surface area contributed by atoms with Crippen molar-refractivity contribution in [3.63, 3.8) is 0 Å². The summed E-state index contributed by atoms with van der Waals surface area (Å²) in [5.74, 6) is -0.0324. The number of benzene rings is 1. The van der Waals surface area contributed by atoms with Crippen LogP contribution in [0.15, 0.2) is 28.8 Å². The molecule has 3 aromatic rings. The molecule has 5 rings (SSSR count). The number of rotatable bonds is 9. The molecule has 0 unspecified atom stereocenters. The van der Waals surface area contributed by atoms with E-state index in [9.17, 15) is 9.59 Å². The van der Waals surface area contributed by atoms with E-state index in [0.717, 1.165) is 39.0 Å². The van der Waals surface area contributed by atoms with Gasteiger partial charge in [0.1, 0.15) is 0 Å². The van der Waals surface area contributed by atoms with E-state index >= 15 is 0 Å². The van der Waals surface area contributed by atoms with Gasteiger partial charge in [-0.2, -0.15) is 4.98 Å². The molecular weight excluding hydrogens is 478 g/mol. The first-order valence-electron chi connectivity index (χ1n) is 13.4. The quantitative estimate of drug-likeness (QED) is 0.329. The van der Waals surface area contributed by atoms with Crippen LogP contribution in [0.1, 0.15) is 33.3 Å². The van der Waals surface area contributed by atoms with Crippen LogP contribution in [0.4, 0.5) is 17.2 Å². The average molecular weight is 511 g/mol. The Kier molecular flexibility index (Phi) is 6.19. The minimum Gasteiger partial charge on any atom is -0.494 e. The van der Waals surface area contributed by atoms with Crippen molar-refractivity contribution < 1.29 is 23.0 Å².